The van der Waals surface area contributed by atoms with E-state index < -0.39 is 0 Å². The van der Waals surface area contributed by atoms with Crippen LogP contribution in [-0.4, -0.2) is 24.1 Å². The lowest BCUT2D eigenvalue weighted by molar-refractivity contribution is 0.0983. The van der Waals surface area contributed by atoms with Crippen molar-refractivity contribution in [1.29, 1.82) is 5.26 Å². The molecule has 0 saturated carbocycles. The first-order valence-electron chi connectivity index (χ1n) is 10.0. The number of aromatic nitrogens is 1. The first-order valence-corrected chi connectivity index (χ1v) is 10.4. The van der Waals surface area contributed by atoms with Crippen LogP contribution in [0.5, 0.6) is 0 Å². The Hall–Kier alpha value is -3.67. The van der Waals surface area contributed by atoms with Crippen LogP contribution in [0.3, 0.4) is 0 Å². The van der Waals surface area contributed by atoms with Crippen molar-refractivity contribution in [3.05, 3.63) is 86.0 Å². The number of anilines is 3. The second-order valence-electron chi connectivity index (χ2n) is 7.65. The number of pyridine rings is 1. The Morgan fingerprint density at radius 1 is 1.03 bits per heavy atom. The van der Waals surface area contributed by atoms with Crippen molar-refractivity contribution < 1.29 is 9.18 Å². The predicted octanol–water partition coefficient (Wildman–Crippen LogP) is 3.44. The van der Waals surface area contributed by atoms with Gasteiger partial charge in [-0.25, -0.2) is 4.39 Å². The van der Waals surface area contributed by atoms with Gasteiger partial charge < -0.3 is 15.2 Å². The van der Waals surface area contributed by atoms with E-state index in [2.05, 4.69) is 16.4 Å². The monoisotopic (exact) mass is 449 g/mol. The van der Waals surface area contributed by atoms with Gasteiger partial charge in [-0.05, 0) is 42.0 Å². The molecule has 0 spiro atoms. The normalized spacial score (nSPS) is 15.2. The van der Waals surface area contributed by atoms with E-state index in [0.717, 1.165) is 0 Å². The average Bonchev–Trinajstić information content (AvgIpc) is 2.80. The molecule has 7 nitrogen and oxygen atoms in total. The van der Waals surface area contributed by atoms with Crippen molar-refractivity contribution in [2.45, 2.75) is 13.0 Å². The van der Waals surface area contributed by atoms with Crippen molar-refractivity contribution in [3.8, 4) is 6.07 Å². The summed E-state index contributed by atoms with van der Waals surface area (Å²) in [6, 6.07) is 12.6. The summed E-state index contributed by atoms with van der Waals surface area (Å²) in [5.74, 6) is -0.668. The predicted molar refractivity (Wildman–Crippen MR) is 119 cm³/mol. The van der Waals surface area contributed by atoms with Crippen LogP contribution in [0.25, 0.3) is 0 Å². The van der Waals surface area contributed by atoms with Crippen molar-refractivity contribution >= 4 is 34.6 Å². The second-order valence-corrected chi connectivity index (χ2v) is 8.06. The van der Waals surface area contributed by atoms with Crippen LogP contribution in [0.15, 0.2) is 47.3 Å². The van der Waals surface area contributed by atoms with Crippen molar-refractivity contribution in [3.63, 3.8) is 0 Å². The van der Waals surface area contributed by atoms with Gasteiger partial charge in [-0.15, -0.1) is 0 Å². The first-order chi connectivity index (χ1) is 15.5. The Labute approximate surface area is 187 Å². The number of nitriles is 1. The van der Waals surface area contributed by atoms with Gasteiger partial charge in [0.1, 0.15) is 18.6 Å². The third kappa shape index (κ3) is 3.32. The second kappa shape index (κ2) is 7.79. The quantitative estimate of drug-likeness (QED) is 0.548. The molecule has 160 valence electrons. The van der Waals surface area contributed by atoms with Gasteiger partial charge in [0.15, 0.2) is 0 Å². The zero-order chi connectivity index (χ0) is 22.4. The number of amides is 1. The number of carbonyl (C=O) groups is 1. The average molecular weight is 450 g/mol. The van der Waals surface area contributed by atoms with Crippen LogP contribution in [0.2, 0.25) is 5.02 Å². The molecule has 2 aliphatic heterocycles. The van der Waals surface area contributed by atoms with Crippen LogP contribution in [0, 0.1) is 17.1 Å². The summed E-state index contributed by atoms with van der Waals surface area (Å²) in [7, 11) is 0. The zero-order valence-corrected chi connectivity index (χ0v) is 17.5. The topological polar surface area (TPSA) is 92.2 Å². The smallest absolute Gasteiger partial charge is 0.261 e. The zero-order valence-electron chi connectivity index (χ0n) is 16.8. The fraction of sp³-hybridized carbons (Fsp3) is 0.174. The van der Waals surface area contributed by atoms with E-state index in [1.54, 1.807) is 23.1 Å². The number of nitrogens with zero attached hydrogens (tertiary/aromatic N) is 3. The van der Waals surface area contributed by atoms with Gasteiger partial charge in [-0.1, -0.05) is 11.6 Å². The number of H-pyrrole nitrogens is 1. The van der Waals surface area contributed by atoms with Crippen molar-refractivity contribution in [2.75, 3.05) is 23.0 Å². The summed E-state index contributed by atoms with van der Waals surface area (Å²) in [5, 5.41) is 12.9. The van der Waals surface area contributed by atoms with E-state index in [4.69, 9.17) is 11.6 Å². The molecule has 0 unspecified atom stereocenters. The molecule has 2 aliphatic rings. The van der Waals surface area contributed by atoms with E-state index in [9.17, 15) is 19.2 Å². The summed E-state index contributed by atoms with van der Waals surface area (Å²) in [6.07, 6.45) is 0.473. The number of halogens is 2. The summed E-state index contributed by atoms with van der Waals surface area (Å²) in [4.78, 5) is 31.8. The molecule has 0 fully saturated rings. The molecule has 2 aromatic carbocycles. The molecule has 0 atom stereocenters. The summed E-state index contributed by atoms with van der Waals surface area (Å²) < 4.78 is 14.1. The standard InChI is InChI=1S/C23H17ClFN5O2/c24-17-9-16-21(8-13(17)10-26)29-12-30(23(16)32)20-3-4-22(31)28-18(20)5-6-27-11-14-7-15(25)1-2-19(14)29/h1-4,7-9,27H,5-6,11-12H2,(H,28,31). The first kappa shape index (κ1) is 20.2. The lowest BCUT2D eigenvalue weighted by Crippen LogP contribution is -2.46. The Balaban J connectivity index is 1.79. The summed E-state index contributed by atoms with van der Waals surface area (Å²) >= 11 is 6.26. The lowest BCUT2D eigenvalue weighted by Gasteiger charge is -2.39. The number of benzene rings is 2. The number of nitrogens with one attached hydrogen (secondary N) is 2. The number of hydrogen-bond acceptors (Lipinski definition) is 5. The SMILES string of the molecule is N#Cc1cc2c(cc1Cl)C(=O)N1CN2c2ccc(F)cc2CNCCc2[nH]c(=O)ccc21. The molecule has 0 aliphatic carbocycles. The minimum atomic E-state index is -0.368. The van der Waals surface area contributed by atoms with E-state index >= 15 is 0 Å². The molecule has 9 heteroatoms. The molecule has 2 bridgehead atoms. The lowest BCUT2D eigenvalue weighted by atomic mass is 10.0. The minimum Gasteiger partial charge on any atom is -0.324 e. The maximum Gasteiger partial charge on any atom is 0.261 e. The molecule has 5 rings (SSSR count). The van der Waals surface area contributed by atoms with E-state index in [0.29, 0.717) is 53.4 Å². The van der Waals surface area contributed by atoms with Crippen LogP contribution < -0.4 is 20.7 Å². The van der Waals surface area contributed by atoms with Crippen LogP contribution >= 0.6 is 11.6 Å². The number of fused-ring (bicyclic) bond motifs is 8. The molecule has 32 heavy (non-hydrogen) atoms. The van der Waals surface area contributed by atoms with Gasteiger partial charge in [0, 0.05) is 37.0 Å². The van der Waals surface area contributed by atoms with E-state index in [1.165, 1.54) is 24.3 Å². The highest BCUT2D eigenvalue weighted by atomic mass is 35.5. The number of aromatic amines is 1. The number of carbonyl (C=O) groups excluding carboxylic acids is 1. The van der Waals surface area contributed by atoms with Gasteiger partial charge in [-0.3, -0.25) is 14.5 Å². The minimum absolute atomic E-state index is 0.121. The molecule has 2 N–H and O–H groups in total. The van der Waals surface area contributed by atoms with Crippen LogP contribution in [0.1, 0.15) is 27.2 Å². The molecule has 1 amide bonds. The largest absolute Gasteiger partial charge is 0.324 e. The van der Waals surface area contributed by atoms with Gasteiger partial charge in [0.05, 0.1) is 27.5 Å². The Morgan fingerprint density at radius 2 is 1.84 bits per heavy atom. The van der Waals surface area contributed by atoms with Crippen LogP contribution in [-0.2, 0) is 13.0 Å². The molecular weight excluding hydrogens is 433 g/mol. The maximum atomic E-state index is 14.1. The summed E-state index contributed by atoms with van der Waals surface area (Å²) in [5.41, 5.74) is 3.44. The molecule has 3 heterocycles. The highest BCUT2D eigenvalue weighted by Crippen LogP contribution is 2.40. The van der Waals surface area contributed by atoms with E-state index in [-0.39, 0.29) is 34.5 Å². The van der Waals surface area contributed by atoms with Crippen molar-refractivity contribution in [2.24, 2.45) is 0 Å². The van der Waals surface area contributed by atoms with Gasteiger partial charge >= 0.3 is 0 Å². The third-order valence-electron chi connectivity index (χ3n) is 5.72. The highest BCUT2D eigenvalue weighted by molar-refractivity contribution is 6.32. The van der Waals surface area contributed by atoms with Crippen LogP contribution in [0.4, 0.5) is 21.5 Å². The molecule has 1 aromatic heterocycles. The molecule has 0 saturated heterocycles. The Bertz CT molecular complexity index is 1360. The Kier molecular flexibility index (Phi) is 4.93. The fourth-order valence-electron chi connectivity index (χ4n) is 4.21. The number of hydrogen-bond donors (Lipinski definition) is 2. The molecule has 3 aromatic rings. The third-order valence-corrected chi connectivity index (χ3v) is 6.03. The maximum absolute atomic E-state index is 14.1. The fourth-order valence-corrected chi connectivity index (χ4v) is 4.42. The summed E-state index contributed by atoms with van der Waals surface area (Å²) in [6.45, 7) is 1.02. The number of rotatable bonds is 0. The molecule has 0 radical (unpaired) electrons. The highest BCUT2D eigenvalue weighted by Gasteiger charge is 2.34. The Morgan fingerprint density at radius 3 is 2.66 bits per heavy atom. The van der Waals surface area contributed by atoms with Gasteiger partial charge in [0.2, 0.25) is 5.56 Å². The van der Waals surface area contributed by atoms with E-state index in [1.807, 2.05) is 4.90 Å². The van der Waals surface area contributed by atoms with Gasteiger partial charge in [-0.2, -0.15) is 5.26 Å². The van der Waals surface area contributed by atoms with Gasteiger partial charge in [0.25, 0.3) is 5.91 Å². The molecular formula is C23H17ClFN5O2. The van der Waals surface area contributed by atoms with Crippen molar-refractivity contribution in [1.82, 2.24) is 10.3 Å².